The number of nitrogen functional groups attached to an aromatic ring is 1. The van der Waals surface area contributed by atoms with Gasteiger partial charge in [-0.1, -0.05) is 76.8 Å². The number of para-hydroxylation sites is 1. The maximum Gasteiger partial charge on any atom is 0.0481 e. The highest BCUT2D eigenvalue weighted by molar-refractivity contribution is 7.99. The molecule has 2 N–H and O–H groups in total. The van der Waals surface area contributed by atoms with Crippen molar-refractivity contribution in [1.29, 1.82) is 0 Å². The lowest BCUT2D eigenvalue weighted by molar-refractivity contribution is 0.563. The Morgan fingerprint density at radius 1 is 0.857 bits per heavy atom. The fourth-order valence-electron chi connectivity index (χ4n) is 2.55. The summed E-state index contributed by atoms with van der Waals surface area (Å²) in [5.74, 6) is 1.20. The summed E-state index contributed by atoms with van der Waals surface area (Å²) in [7, 11) is 0. The van der Waals surface area contributed by atoms with Gasteiger partial charge in [0.05, 0.1) is 0 Å². The van der Waals surface area contributed by atoms with Crippen LogP contribution in [0.2, 0.25) is 0 Å². The van der Waals surface area contributed by atoms with Gasteiger partial charge in [0.15, 0.2) is 0 Å². The number of rotatable bonds is 12. The number of hydrogen-bond donors (Lipinski definition) is 1. The van der Waals surface area contributed by atoms with E-state index < -0.39 is 0 Å². The lowest BCUT2D eigenvalue weighted by Gasteiger charge is -2.07. The summed E-state index contributed by atoms with van der Waals surface area (Å²) in [6.45, 7) is 4.36. The Bertz CT molecular complexity index is 376. The topological polar surface area (TPSA) is 26.0 Å². The average molecular weight is 308 g/mol. The van der Waals surface area contributed by atoms with Crippen LogP contribution in [0.3, 0.4) is 0 Å². The second kappa shape index (κ2) is 12.0. The molecule has 1 aromatic carbocycles. The van der Waals surface area contributed by atoms with Crippen LogP contribution in [0.25, 0.3) is 0 Å². The molecular weight excluding hydrogens is 274 g/mol. The van der Waals surface area contributed by atoms with Gasteiger partial charge in [-0.25, -0.2) is 0 Å². The molecule has 0 unspecified atom stereocenters. The second-order valence-electron chi connectivity index (χ2n) is 6.02. The molecule has 0 radical (unpaired) electrons. The third kappa shape index (κ3) is 8.40. The Morgan fingerprint density at radius 2 is 1.43 bits per heavy atom. The maximum atomic E-state index is 6.09. The lowest BCUT2D eigenvalue weighted by Crippen LogP contribution is -1.92. The highest BCUT2D eigenvalue weighted by Crippen LogP contribution is 2.28. The SMILES string of the molecule is CCCCCCCCCCCCSc1cccc(C)c1N. The highest BCUT2D eigenvalue weighted by Gasteiger charge is 2.01. The van der Waals surface area contributed by atoms with Crippen LogP contribution < -0.4 is 5.73 Å². The van der Waals surface area contributed by atoms with Crippen LogP contribution in [0.1, 0.15) is 76.7 Å². The first-order valence-electron chi connectivity index (χ1n) is 8.73. The van der Waals surface area contributed by atoms with Crippen molar-refractivity contribution in [3.8, 4) is 0 Å². The van der Waals surface area contributed by atoms with Crippen LogP contribution in [0.5, 0.6) is 0 Å². The van der Waals surface area contributed by atoms with Crippen molar-refractivity contribution in [2.45, 2.75) is 83.0 Å². The molecule has 0 aromatic heterocycles. The number of benzene rings is 1. The molecule has 120 valence electrons. The molecule has 0 bridgehead atoms. The van der Waals surface area contributed by atoms with Crippen LogP contribution >= 0.6 is 11.8 Å². The zero-order valence-electron chi connectivity index (χ0n) is 14.0. The normalized spacial score (nSPS) is 11.0. The quantitative estimate of drug-likeness (QED) is 0.268. The summed E-state index contributed by atoms with van der Waals surface area (Å²) in [6, 6.07) is 6.33. The Labute approximate surface area is 136 Å². The molecule has 0 fully saturated rings. The van der Waals surface area contributed by atoms with Crippen molar-refractivity contribution in [1.82, 2.24) is 0 Å². The van der Waals surface area contributed by atoms with Gasteiger partial charge in [-0.15, -0.1) is 11.8 Å². The van der Waals surface area contributed by atoms with E-state index in [2.05, 4.69) is 32.0 Å². The molecule has 0 spiro atoms. The van der Waals surface area contributed by atoms with Crippen molar-refractivity contribution >= 4 is 17.4 Å². The molecule has 0 amide bonds. The van der Waals surface area contributed by atoms with Gasteiger partial charge < -0.3 is 5.73 Å². The maximum absolute atomic E-state index is 6.09. The summed E-state index contributed by atoms with van der Waals surface area (Å²) < 4.78 is 0. The van der Waals surface area contributed by atoms with E-state index >= 15 is 0 Å². The number of thioether (sulfide) groups is 1. The predicted octanol–water partition coefficient (Wildman–Crippen LogP) is 6.59. The molecule has 0 saturated heterocycles. The molecular formula is C19H33NS. The molecule has 0 atom stereocenters. The first-order valence-corrected chi connectivity index (χ1v) is 9.72. The van der Waals surface area contributed by atoms with E-state index in [1.165, 1.54) is 80.4 Å². The fraction of sp³-hybridized carbons (Fsp3) is 0.684. The largest absolute Gasteiger partial charge is 0.398 e. The van der Waals surface area contributed by atoms with Gasteiger partial charge in [-0.05, 0) is 30.7 Å². The summed E-state index contributed by atoms with van der Waals surface area (Å²) in [6.07, 6.45) is 14.0. The second-order valence-corrected chi connectivity index (χ2v) is 7.15. The first-order chi connectivity index (χ1) is 10.3. The highest BCUT2D eigenvalue weighted by atomic mass is 32.2. The molecule has 1 rings (SSSR count). The van der Waals surface area contributed by atoms with E-state index in [0.717, 1.165) is 5.69 Å². The van der Waals surface area contributed by atoms with Gasteiger partial charge in [0, 0.05) is 10.6 Å². The Hall–Kier alpha value is -0.630. The van der Waals surface area contributed by atoms with E-state index in [0.29, 0.717) is 0 Å². The standard InChI is InChI=1S/C19H33NS/c1-3-4-5-6-7-8-9-10-11-12-16-21-18-15-13-14-17(2)19(18)20/h13-15H,3-12,16,20H2,1-2H3. The summed E-state index contributed by atoms with van der Waals surface area (Å²) in [5.41, 5.74) is 8.26. The van der Waals surface area contributed by atoms with E-state index in [9.17, 15) is 0 Å². The summed E-state index contributed by atoms with van der Waals surface area (Å²) >= 11 is 1.91. The van der Waals surface area contributed by atoms with Crippen molar-refractivity contribution in [3.63, 3.8) is 0 Å². The minimum Gasteiger partial charge on any atom is -0.398 e. The van der Waals surface area contributed by atoms with Crippen molar-refractivity contribution in [2.24, 2.45) is 0 Å². The van der Waals surface area contributed by atoms with Gasteiger partial charge >= 0.3 is 0 Å². The molecule has 2 heteroatoms. The van der Waals surface area contributed by atoms with E-state index in [4.69, 9.17) is 5.73 Å². The van der Waals surface area contributed by atoms with E-state index in [1.54, 1.807) is 0 Å². The average Bonchev–Trinajstić information content (AvgIpc) is 2.49. The fourth-order valence-corrected chi connectivity index (χ4v) is 3.61. The van der Waals surface area contributed by atoms with Crippen LogP contribution in [0.15, 0.2) is 23.1 Å². The van der Waals surface area contributed by atoms with Crippen molar-refractivity contribution < 1.29 is 0 Å². The monoisotopic (exact) mass is 307 g/mol. The zero-order chi connectivity index (χ0) is 15.3. The molecule has 0 aliphatic carbocycles. The Balaban J connectivity index is 1.94. The van der Waals surface area contributed by atoms with Crippen molar-refractivity contribution in [3.05, 3.63) is 23.8 Å². The molecule has 0 aliphatic heterocycles. The summed E-state index contributed by atoms with van der Waals surface area (Å²) in [4.78, 5) is 1.26. The van der Waals surface area contributed by atoms with Gasteiger partial charge in [-0.3, -0.25) is 0 Å². The number of anilines is 1. The first kappa shape index (κ1) is 18.4. The third-order valence-electron chi connectivity index (χ3n) is 4.04. The number of aryl methyl sites for hydroxylation is 1. The van der Waals surface area contributed by atoms with Crippen LogP contribution in [-0.4, -0.2) is 5.75 Å². The third-order valence-corrected chi connectivity index (χ3v) is 5.20. The van der Waals surface area contributed by atoms with Gasteiger partial charge in [0.25, 0.3) is 0 Å². The minimum atomic E-state index is 0.967. The van der Waals surface area contributed by atoms with E-state index in [-0.39, 0.29) is 0 Å². The number of hydrogen-bond acceptors (Lipinski definition) is 2. The summed E-state index contributed by atoms with van der Waals surface area (Å²) in [5, 5.41) is 0. The number of nitrogens with two attached hydrogens (primary N) is 1. The van der Waals surface area contributed by atoms with Crippen LogP contribution in [-0.2, 0) is 0 Å². The Kier molecular flexibility index (Phi) is 10.5. The molecule has 1 aromatic rings. The van der Waals surface area contributed by atoms with Crippen molar-refractivity contribution in [2.75, 3.05) is 11.5 Å². The minimum absolute atomic E-state index is 0.967. The number of unbranched alkanes of at least 4 members (excludes halogenated alkanes) is 9. The van der Waals surface area contributed by atoms with Crippen LogP contribution in [0, 0.1) is 6.92 Å². The molecule has 0 heterocycles. The van der Waals surface area contributed by atoms with Gasteiger partial charge in [0.1, 0.15) is 0 Å². The molecule has 0 aliphatic rings. The molecule has 21 heavy (non-hydrogen) atoms. The van der Waals surface area contributed by atoms with Crippen LogP contribution in [0.4, 0.5) is 5.69 Å². The Morgan fingerprint density at radius 3 is 2.05 bits per heavy atom. The van der Waals surface area contributed by atoms with Gasteiger partial charge in [0.2, 0.25) is 0 Å². The molecule has 1 nitrogen and oxygen atoms in total. The zero-order valence-corrected chi connectivity index (χ0v) is 14.8. The van der Waals surface area contributed by atoms with Gasteiger partial charge in [-0.2, -0.15) is 0 Å². The lowest BCUT2D eigenvalue weighted by atomic mass is 10.1. The predicted molar refractivity (Wildman–Crippen MR) is 98.2 cm³/mol. The smallest absolute Gasteiger partial charge is 0.0481 e. The molecule has 0 saturated carbocycles. The van der Waals surface area contributed by atoms with E-state index in [1.807, 2.05) is 11.8 Å².